The highest BCUT2D eigenvalue weighted by Crippen LogP contribution is 2.29. The first-order valence-corrected chi connectivity index (χ1v) is 6.09. The number of aromatic nitrogens is 2. The Balaban J connectivity index is 2.28. The lowest BCUT2D eigenvalue weighted by Crippen LogP contribution is -2.21. The van der Waals surface area contributed by atoms with Crippen LogP contribution in [0, 0.1) is 0 Å². The van der Waals surface area contributed by atoms with Crippen molar-refractivity contribution >= 4 is 5.82 Å². The molecule has 15 heavy (non-hydrogen) atoms. The summed E-state index contributed by atoms with van der Waals surface area (Å²) in [5, 5.41) is 8.14. The summed E-state index contributed by atoms with van der Waals surface area (Å²) in [4.78, 5) is 0. The van der Waals surface area contributed by atoms with E-state index >= 15 is 0 Å². The maximum Gasteiger partial charge on any atom is 0.124 e. The monoisotopic (exact) mass is 207 g/mol. The number of rotatable bonds is 3. The number of nitrogens with zero attached hydrogens (tertiary/aromatic N) is 2. The molecule has 3 heteroatoms. The molecule has 1 atom stereocenters. The van der Waals surface area contributed by atoms with Crippen LogP contribution in [0.4, 0.5) is 5.82 Å². The van der Waals surface area contributed by atoms with Crippen LogP contribution in [0.25, 0.3) is 0 Å². The first-order valence-electron chi connectivity index (χ1n) is 6.09. The van der Waals surface area contributed by atoms with Gasteiger partial charge in [0.05, 0.1) is 11.7 Å². The number of hydrogen-bond donors (Lipinski definition) is 1. The largest absolute Gasteiger partial charge is 0.370 e. The lowest BCUT2D eigenvalue weighted by Gasteiger charge is -2.21. The Kier molecular flexibility index (Phi) is 2.98. The SMILES string of the molecule is CCC(CC)c1cc2n(n1)C(C)CCN2. The van der Waals surface area contributed by atoms with E-state index < -0.39 is 0 Å². The fraction of sp³-hybridized carbons (Fsp3) is 0.750. The highest BCUT2D eigenvalue weighted by Gasteiger charge is 2.20. The summed E-state index contributed by atoms with van der Waals surface area (Å²) in [6.45, 7) is 7.80. The number of hydrogen-bond acceptors (Lipinski definition) is 2. The molecule has 0 aromatic carbocycles. The Hall–Kier alpha value is -0.990. The predicted molar refractivity (Wildman–Crippen MR) is 63.4 cm³/mol. The molecule has 0 saturated heterocycles. The molecule has 2 heterocycles. The second kappa shape index (κ2) is 4.25. The van der Waals surface area contributed by atoms with Crippen LogP contribution >= 0.6 is 0 Å². The summed E-state index contributed by atoms with van der Waals surface area (Å²) >= 11 is 0. The van der Waals surface area contributed by atoms with Gasteiger partial charge in [-0.05, 0) is 26.2 Å². The zero-order chi connectivity index (χ0) is 10.8. The van der Waals surface area contributed by atoms with E-state index in [1.165, 1.54) is 30.8 Å². The standard InChI is InChI=1S/C12H21N3/c1-4-10(5-2)11-8-12-13-7-6-9(3)15(12)14-11/h8-10,13H,4-7H2,1-3H3. The van der Waals surface area contributed by atoms with Crippen LogP contribution in [0.3, 0.4) is 0 Å². The van der Waals surface area contributed by atoms with Crippen molar-refractivity contribution in [2.24, 2.45) is 0 Å². The molecule has 1 unspecified atom stereocenters. The first-order chi connectivity index (χ1) is 7.26. The van der Waals surface area contributed by atoms with Crippen LogP contribution in [0.15, 0.2) is 6.07 Å². The highest BCUT2D eigenvalue weighted by atomic mass is 15.4. The average Bonchev–Trinajstić information content (AvgIpc) is 2.65. The number of fused-ring (bicyclic) bond motifs is 1. The molecule has 0 spiro atoms. The number of nitrogens with one attached hydrogen (secondary N) is 1. The molecule has 2 rings (SSSR count). The van der Waals surface area contributed by atoms with Crippen molar-refractivity contribution < 1.29 is 0 Å². The summed E-state index contributed by atoms with van der Waals surface area (Å²) in [6.07, 6.45) is 3.54. The Morgan fingerprint density at radius 3 is 2.87 bits per heavy atom. The van der Waals surface area contributed by atoms with E-state index in [-0.39, 0.29) is 0 Å². The van der Waals surface area contributed by atoms with Gasteiger partial charge < -0.3 is 5.32 Å². The Labute approximate surface area is 91.9 Å². The van der Waals surface area contributed by atoms with Crippen LogP contribution in [-0.2, 0) is 0 Å². The molecule has 3 nitrogen and oxygen atoms in total. The average molecular weight is 207 g/mol. The molecule has 0 fully saturated rings. The summed E-state index contributed by atoms with van der Waals surface area (Å²) in [5.41, 5.74) is 1.26. The fourth-order valence-electron chi connectivity index (χ4n) is 2.32. The van der Waals surface area contributed by atoms with Gasteiger partial charge in [-0.1, -0.05) is 13.8 Å². The second-order valence-corrected chi connectivity index (χ2v) is 4.48. The molecule has 0 radical (unpaired) electrons. The third-order valence-electron chi connectivity index (χ3n) is 3.44. The second-order valence-electron chi connectivity index (χ2n) is 4.48. The minimum Gasteiger partial charge on any atom is -0.370 e. The van der Waals surface area contributed by atoms with E-state index in [1.54, 1.807) is 0 Å². The molecular weight excluding hydrogens is 186 g/mol. The van der Waals surface area contributed by atoms with Gasteiger partial charge in [-0.2, -0.15) is 5.10 Å². The lowest BCUT2D eigenvalue weighted by atomic mass is 10.00. The molecule has 1 N–H and O–H groups in total. The smallest absolute Gasteiger partial charge is 0.124 e. The summed E-state index contributed by atoms with van der Waals surface area (Å²) < 4.78 is 2.15. The van der Waals surface area contributed by atoms with Gasteiger partial charge in [-0.15, -0.1) is 0 Å². The molecule has 1 aromatic heterocycles. The Bertz CT molecular complexity index is 326. The van der Waals surface area contributed by atoms with Gasteiger partial charge in [0, 0.05) is 18.5 Å². The topological polar surface area (TPSA) is 29.9 Å². The van der Waals surface area contributed by atoms with E-state index in [0.717, 1.165) is 6.54 Å². The van der Waals surface area contributed by atoms with Crippen LogP contribution < -0.4 is 5.32 Å². The van der Waals surface area contributed by atoms with Crippen molar-refractivity contribution in [2.45, 2.75) is 52.0 Å². The van der Waals surface area contributed by atoms with Gasteiger partial charge in [0.25, 0.3) is 0 Å². The summed E-state index contributed by atoms with van der Waals surface area (Å²) in [5.74, 6) is 1.83. The van der Waals surface area contributed by atoms with Gasteiger partial charge in [0.2, 0.25) is 0 Å². The van der Waals surface area contributed by atoms with Crippen molar-refractivity contribution in [1.29, 1.82) is 0 Å². The number of anilines is 1. The summed E-state index contributed by atoms with van der Waals surface area (Å²) in [7, 11) is 0. The van der Waals surface area contributed by atoms with Crippen molar-refractivity contribution in [1.82, 2.24) is 9.78 Å². The van der Waals surface area contributed by atoms with E-state index in [9.17, 15) is 0 Å². The molecule has 0 bridgehead atoms. The Morgan fingerprint density at radius 1 is 1.53 bits per heavy atom. The van der Waals surface area contributed by atoms with Gasteiger partial charge in [-0.3, -0.25) is 0 Å². The van der Waals surface area contributed by atoms with E-state index in [2.05, 4.69) is 36.8 Å². The third kappa shape index (κ3) is 1.87. The van der Waals surface area contributed by atoms with Gasteiger partial charge in [-0.25, -0.2) is 4.68 Å². The maximum atomic E-state index is 4.73. The maximum absolute atomic E-state index is 4.73. The van der Waals surface area contributed by atoms with E-state index in [1.807, 2.05) is 0 Å². The lowest BCUT2D eigenvalue weighted by molar-refractivity contribution is 0.444. The van der Waals surface area contributed by atoms with Crippen molar-refractivity contribution in [3.63, 3.8) is 0 Å². The van der Waals surface area contributed by atoms with Crippen LogP contribution in [0.5, 0.6) is 0 Å². The first kappa shape index (κ1) is 10.5. The van der Waals surface area contributed by atoms with Crippen molar-refractivity contribution in [3.8, 4) is 0 Å². The molecule has 1 aliphatic heterocycles. The third-order valence-corrected chi connectivity index (χ3v) is 3.44. The van der Waals surface area contributed by atoms with Crippen molar-refractivity contribution in [3.05, 3.63) is 11.8 Å². The Morgan fingerprint density at radius 2 is 2.27 bits per heavy atom. The molecule has 0 saturated carbocycles. The van der Waals surface area contributed by atoms with Gasteiger partial charge >= 0.3 is 0 Å². The van der Waals surface area contributed by atoms with E-state index in [4.69, 9.17) is 5.10 Å². The van der Waals surface area contributed by atoms with Crippen molar-refractivity contribution in [2.75, 3.05) is 11.9 Å². The normalized spacial score (nSPS) is 20.1. The minimum absolute atomic E-state index is 0.546. The highest BCUT2D eigenvalue weighted by molar-refractivity contribution is 5.40. The predicted octanol–water partition coefficient (Wildman–Crippen LogP) is 3.16. The quantitative estimate of drug-likeness (QED) is 0.825. The van der Waals surface area contributed by atoms with Crippen LogP contribution in [-0.4, -0.2) is 16.3 Å². The molecule has 1 aliphatic rings. The zero-order valence-corrected chi connectivity index (χ0v) is 9.95. The molecule has 0 amide bonds. The molecular formula is C12H21N3. The van der Waals surface area contributed by atoms with Gasteiger partial charge in [0.15, 0.2) is 0 Å². The zero-order valence-electron chi connectivity index (χ0n) is 9.95. The van der Waals surface area contributed by atoms with Crippen LogP contribution in [0.2, 0.25) is 0 Å². The van der Waals surface area contributed by atoms with Gasteiger partial charge in [0.1, 0.15) is 5.82 Å². The molecule has 84 valence electrons. The molecule has 0 aliphatic carbocycles. The summed E-state index contributed by atoms with van der Waals surface area (Å²) in [6, 6.07) is 2.78. The van der Waals surface area contributed by atoms with E-state index in [0.29, 0.717) is 12.0 Å². The minimum atomic E-state index is 0.546. The van der Waals surface area contributed by atoms with Crippen LogP contribution in [0.1, 0.15) is 57.7 Å². The molecule has 1 aromatic rings. The fourth-order valence-corrected chi connectivity index (χ4v) is 2.32.